The molecule has 6 nitrogen and oxygen atoms in total. The first-order chi connectivity index (χ1) is 12.5. The van der Waals surface area contributed by atoms with E-state index in [9.17, 15) is 9.59 Å². The smallest absolute Gasteiger partial charge is 0.319 e. The largest absolute Gasteiger partial charge is 0.497 e. The summed E-state index contributed by atoms with van der Waals surface area (Å²) in [5.74, 6) is 0.613. The first-order valence-electron chi connectivity index (χ1n) is 7.93. The van der Waals surface area contributed by atoms with Gasteiger partial charge >= 0.3 is 6.03 Å². The molecule has 1 fully saturated rings. The van der Waals surface area contributed by atoms with Crippen molar-refractivity contribution < 1.29 is 14.3 Å². The Balaban J connectivity index is 1.61. The van der Waals surface area contributed by atoms with E-state index in [1.54, 1.807) is 36.3 Å². The summed E-state index contributed by atoms with van der Waals surface area (Å²) in [5, 5.41) is 6.24. The SMILES string of the molecule is COc1cccc(N2CC(NC(=O)Nc3ccc(Cl)c(Cl)c3)CC2=O)c1. The number of amides is 3. The van der Waals surface area contributed by atoms with Crippen molar-refractivity contribution in [2.45, 2.75) is 12.5 Å². The zero-order valence-electron chi connectivity index (χ0n) is 14.0. The lowest BCUT2D eigenvalue weighted by molar-refractivity contribution is -0.117. The number of carbonyl (C=O) groups excluding carboxylic acids is 2. The van der Waals surface area contributed by atoms with E-state index < -0.39 is 6.03 Å². The van der Waals surface area contributed by atoms with Crippen LogP contribution in [-0.4, -0.2) is 31.6 Å². The molecule has 1 aliphatic heterocycles. The molecule has 0 radical (unpaired) electrons. The highest BCUT2D eigenvalue weighted by molar-refractivity contribution is 6.42. The Kier molecular flexibility index (Phi) is 5.54. The van der Waals surface area contributed by atoms with Gasteiger partial charge in [-0.1, -0.05) is 29.3 Å². The lowest BCUT2D eigenvalue weighted by atomic mass is 10.2. The molecule has 1 saturated heterocycles. The molecule has 0 aliphatic carbocycles. The van der Waals surface area contributed by atoms with E-state index in [2.05, 4.69) is 10.6 Å². The molecule has 1 unspecified atom stereocenters. The van der Waals surface area contributed by atoms with Crippen LogP contribution in [0.4, 0.5) is 16.2 Å². The van der Waals surface area contributed by atoms with Crippen molar-refractivity contribution in [1.29, 1.82) is 0 Å². The molecule has 8 heteroatoms. The van der Waals surface area contributed by atoms with E-state index in [0.717, 1.165) is 5.69 Å². The van der Waals surface area contributed by atoms with Crippen molar-refractivity contribution in [1.82, 2.24) is 5.32 Å². The van der Waals surface area contributed by atoms with Crippen LogP contribution in [0.1, 0.15) is 6.42 Å². The summed E-state index contributed by atoms with van der Waals surface area (Å²) in [4.78, 5) is 26.1. The molecule has 1 atom stereocenters. The number of ether oxygens (including phenoxy) is 1. The summed E-state index contributed by atoms with van der Waals surface area (Å²) in [6, 6.07) is 11.4. The van der Waals surface area contributed by atoms with Crippen LogP contribution in [0.3, 0.4) is 0 Å². The maximum Gasteiger partial charge on any atom is 0.319 e. The van der Waals surface area contributed by atoms with Crippen molar-refractivity contribution in [2.24, 2.45) is 0 Å². The minimum atomic E-state index is -0.409. The minimum Gasteiger partial charge on any atom is -0.497 e. The van der Waals surface area contributed by atoms with Gasteiger partial charge in [0.1, 0.15) is 5.75 Å². The summed E-state index contributed by atoms with van der Waals surface area (Å²) in [6.45, 7) is 0.390. The molecule has 26 heavy (non-hydrogen) atoms. The predicted molar refractivity (Wildman–Crippen MR) is 102 cm³/mol. The average Bonchev–Trinajstić information content (AvgIpc) is 2.98. The number of nitrogens with zero attached hydrogens (tertiary/aromatic N) is 1. The highest BCUT2D eigenvalue weighted by Gasteiger charge is 2.31. The second kappa shape index (κ2) is 7.85. The zero-order valence-corrected chi connectivity index (χ0v) is 15.5. The minimum absolute atomic E-state index is 0.0573. The maximum atomic E-state index is 12.3. The van der Waals surface area contributed by atoms with Crippen LogP contribution in [0, 0.1) is 0 Å². The van der Waals surface area contributed by atoms with Crippen LogP contribution in [0.15, 0.2) is 42.5 Å². The Hall–Kier alpha value is -2.44. The average molecular weight is 394 g/mol. The van der Waals surface area contributed by atoms with Gasteiger partial charge in [0.05, 0.1) is 23.2 Å². The number of benzene rings is 2. The van der Waals surface area contributed by atoms with Crippen molar-refractivity contribution in [2.75, 3.05) is 23.9 Å². The molecule has 3 amide bonds. The lowest BCUT2D eigenvalue weighted by Crippen LogP contribution is -2.39. The second-order valence-electron chi connectivity index (χ2n) is 5.83. The summed E-state index contributed by atoms with van der Waals surface area (Å²) >= 11 is 11.8. The summed E-state index contributed by atoms with van der Waals surface area (Å²) in [6.07, 6.45) is 0.228. The van der Waals surface area contributed by atoms with Crippen molar-refractivity contribution >= 4 is 46.5 Å². The number of halogens is 2. The fraction of sp³-hybridized carbons (Fsp3) is 0.222. The third-order valence-corrected chi connectivity index (χ3v) is 4.74. The van der Waals surface area contributed by atoms with Crippen LogP contribution in [0.5, 0.6) is 5.75 Å². The molecule has 1 aliphatic rings. The first-order valence-corrected chi connectivity index (χ1v) is 8.69. The quantitative estimate of drug-likeness (QED) is 0.826. The van der Waals surface area contributed by atoms with E-state index in [4.69, 9.17) is 27.9 Å². The van der Waals surface area contributed by atoms with Crippen LogP contribution < -0.4 is 20.3 Å². The molecule has 3 rings (SSSR count). The highest BCUT2D eigenvalue weighted by Crippen LogP contribution is 2.26. The third-order valence-electron chi connectivity index (χ3n) is 4.00. The van der Waals surface area contributed by atoms with E-state index in [0.29, 0.717) is 28.0 Å². The van der Waals surface area contributed by atoms with E-state index in [1.165, 1.54) is 0 Å². The Bertz CT molecular complexity index is 844. The number of anilines is 2. The number of methoxy groups -OCH3 is 1. The number of urea groups is 1. The molecular weight excluding hydrogens is 377 g/mol. The van der Waals surface area contributed by atoms with Gasteiger partial charge in [-0.15, -0.1) is 0 Å². The van der Waals surface area contributed by atoms with Gasteiger partial charge in [-0.25, -0.2) is 4.79 Å². The standard InChI is InChI=1S/C18H17Cl2N3O3/c1-26-14-4-2-3-13(9-14)23-10-12(8-17(23)24)22-18(25)21-11-5-6-15(19)16(20)7-11/h2-7,9,12H,8,10H2,1H3,(H2,21,22,25). The molecule has 0 bridgehead atoms. The topological polar surface area (TPSA) is 70.7 Å². The number of rotatable bonds is 4. The predicted octanol–water partition coefficient (Wildman–Crippen LogP) is 3.93. The number of hydrogen-bond acceptors (Lipinski definition) is 3. The number of nitrogens with one attached hydrogen (secondary N) is 2. The Morgan fingerprint density at radius 2 is 2.00 bits per heavy atom. The molecule has 2 aromatic rings. The van der Waals surface area contributed by atoms with E-state index in [1.807, 2.05) is 18.2 Å². The van der Waals surface area contributed by atoms with Gasteiger partial charge in [-0.05, 0) is 30.3 Å². The van der Waals surface area contributed by atoms with Gasteiger partial charge in [0.25, 0.3) is 0 Å². The molecule has 0 spiro atoms. The van der Waals surface area contributed by atoms with Crippen molar-refractivity contribution in [3.05, 3.63) is 52.5 Å². The lowest BCUT2D eigenvalue weighted by Gasteiger charge is -2.18. The molecule has 136 valence electrons. The molecule has 0 saturated carbocycles. The first kappa shape index (κ1) is 18.4. The monoisotopic (exact) mass is 393 g/mol. The fourth-order valence-corrected chi connectivity index (χ4v) is 3.06. The van der Waals surface area contributed by atoms with Gasteiger partial charge in [0.15, 0.2) is 0 Å². The molecule has 1 heterocycles. The normalized spacial score (nSPS) is 16.5. The molecule has 0 aromatic heterocycles. The van der Waals surface area contributed by atoms with Gasteiger partial charge in [0.2, 0.25) is 5.91 Å². The van der Waals surface area contributed by atoms with Crippen molar-refractivity contribution in [3.8, 4) is 5.75 Å². The van der Waals surface area contributed by atoms with Crippen molar-refractivity contribution in [3.63, 3.8) is 0 Å². The maximum absolute atomic E-state index is 12.3. The number of carbonyl (C=O) groups is 2. The molecular formula is C18H17Cl2N3O3. The van der Waals surface area contributed by atoms with E-state index >= 15 is 0 Å². The Morgan fingerprint density at radius 3 is 2.73 bits per heavy atom. The fourth-order valence-electron chi connectivity index (χ4n) is 2.76. The van der Waals surface area contributed by atoms with Gasteiger partial charge < -0.3 is 20.3 Å². The summed E-state index contributed by atoms with van der Waals surface area (Å²) in [5.41, 5.74) is 1.26. The Labute approximate surface area is 161 Å². The summed E-state index contributed by atoms with van der Waals surface area (Å²) in [7, 11) is 1.57. The van der Waals surface area contributed by atoms with E-state index in [-0.39, 0.29) is 18.4 Å². The Morgan fingerprint density at radius 1 is 1.19 bits per heavy atom. The molecule has 2 aromatic carbocycles. The highest BCUT2D eigenvalue weighted by atomic mass is 35.5. The van der Waals surface area contributed by atoms with Crippen LogP contribution in [0.25, 0.3) is 0 Å². The van der Waals surface area contributed by atoms with Gasteiger partial charge in [-0.2, -0.15) is 0 Å². The van der Waals surface area contributed by atoms with Gasteiger partial charge in [-0.3, -0.25) is 4.79 Å². The van der Waals surface area contributed by atoms with Crippen LogP contribution in [0.2, 0.25) is 10.0 Å². The third kappa shape index (κ3) is 4.20. The zero-order chi connectivity index (χ0) is 18.7. The molecule has 2 N–H and O–H groups in total. The second-order valence-corrected chi connectivity index (χ2v) is 6.65. The van der Waals surface area contributed by atoms with Gasteiger partial charge in [0, 0.05) is 30.4 Å². The summed E-state index contributed by atoms with van der Waals surface area (Å²) < 4.78 is 5.19. The van der Waals surface area contributed by atoms with Crippen LogP contribution >= 0.6 is 23.2 Å². The number of hydrogen-bond donors (Lipinski definition) is 2. The van der Waals surface area contributed by atoms with Crippen LogP contribution in [-0.2, 0) is 4.79 Å².